The van der Waals surface area contributed by atoms with E-state index >= 15 is 0 Å². The Morgan fingerprint density at radius 2 is 2.28 bits per heavy atom. The molecule has 2 fully saturated rings. The summed E-state index contributed by atoms with van der Waals surface area (Å²) in [6, 6.07) is 0.417. The molecule has 0 aromatic carbocycles. The van der Waals surface area contributed by atoms with Crippen molar-refractivity contribution >= 4 is 5.97 Å². The lowest BCUT2D eigenvalue weighted by Crippen LogP contribution is -2.43. The van der Waals surface area contributed by atoms with E-state index in [-0.39, 0.29) is 17.3 Å². The normalized spacial score (nSPS) is 37.8. The summed E-state index contributed by atoms with van der Waals surface area (Å²) in [7, 11) is 0. The molecule has 3 atom stereocenters. The number of nitrogens with one attached hydrogen (secondary N) is 2. The third kappa shape index (κ3) is 1.58. The van der Waals surface area contributed by atoms with Gasteiger partial charge in [-0.05, 0) is 40.2 Å². The van der Waals surface area contributed by atoms with Crippen LogP contribution in [0, 0.1) is 11.3 Å². The summed E-state index contributed by atoms with van der Waals surface area (Å²) in [5.74, 6) is -0.0838. The van der Waals surface area contributed by atoms with E-state index in [0.717, 1.165) is 25.9 Å². The summed E-state index contributed by atoms with van der Waals surface area (Å²) in [5.41, 5.74) is 0.858. The molecule has 2 unspecified atom stereocenters. The predicted molar refractivity (Wildman–Crippen MR) is 68.9 cm³/mol. The Hall–Kier alpha value is -1.03. The van der Waals surface area contributed by atoms with Gasteiger partial charge in [-0.15, -0.1) is 0 Å². The molecule has 2 N–H and O–H groups in total. The first-order valence-electron chi connectivity index (χ1n) is 6.84. The molecule has 18 heavy (non-hydrogen) atoms. The zero-order valence-electron chi connectivity index (χ0n) is 11.4. The number of hydrogen-bond donors (Lipinski definition) is 2. The van der Waals surface area contributed by atoms with E-state index < -0.39 is 5.60 Å². The molecule has 3 aliphatic rings. The smallest absolute Gasteiger partial charge is 0.312 e. The minimum Gasteiger partial charge on any atom is -0.460 e. The molecule has 100 valence electrons. The van der Waals surface area contributed by atoms with Crippen LogP contribution < -0.4 is 10.6 Å². The summed E-state index contributed by atoms with van der Waals surface area (Å²) >= 11 is 0. The summed E-state index contributed by atoms with van der Waals surface area (Å²) in [6.07, 6.45) is 4.32. The zero-order chi connectivity index (χ0) is 13.0. The van der Waals surface area contributed by atoms with Crippen molar-refractivity contribution in [1.29, 1.82) is 0 Å². The maximum absolute atomic E-state index is 12.4. The highest BCUT2D eigenvalue weighted by molar-refractivity contribution is 5.76. The van der Waals surface area contributed by atoms with Crippen molar-refractivity contribution in [1.82, 2.24) is 10.6 Å². The predicted octanol–water partition coefficient (Wildman–Crippen LogP) is 1.18. The van der Waals surface area contributed by atoms with Gasteiger partial charge in [-0.2, -0.15) is 0 Å². The van der Waals surface area contributed by atoms with Gasteiger partial charge in [-0.1, -0.05) is 6.08 Å². The fourth-order valence-corrected chi connectivity index (χ4v) is 3.75. The van der Waals surface area contributed by atoms with Gasteiger partial charge in [0.15, 0.2) is 0 Å². The largest absolute Gasteiger partial charge is 0.460 e. The quantitative estimate of drug-likeness (QED) is 0.686. The van der Waals surface area contributed by atoms with Crippen LogP contribution in [0.25, 0.3) is 0 Å². The van der Waals surface area contributed by atoms with E-state index in [1.165, 1.54) is 5.70 Å². The molecule has 0 amide bonds. The Labute approximate surface area is 108 Å². The molecule has 4 heteroatoms. The minimum atomic E-state index is -0.402. The molecule has 0 aromatic heterocycles. The molecular weight excluding hydrogens is 228 g/mol. The summed E-state index contributed by atoms with van der Waals surface area (Å²) in [5, 5.41) is 6.95. The van der Waals surface area contributed by atoms with Crippen LogP contribution in [0.15, 0.2) is 11.8 Å². The van der Waals surface area contributed by atoms with Gasteiger partial charge in [0.2, 0.25) is 0 Å². The maximum Gasteiger partial charge on any atom is 0.312 e. The van der Waals surface area contributed by atoms with E-state index in [2.05, 4.69) is 16.7 Å². The Kier molecular flexibility index (Phi) is 2.49. The highest BCUT2D eigenvalue weighted by Gasteiger charge is 2.59. The van der Waals surface area contributed by atoms with E-state index in [9.17, 15) is 4.79 Å². The van der Waals surface area contributed by atoms with Crippen LogP contribution in [0.3, 0.4) is 0 Å². The van der Waals surface area contributed by atoms with Crippen LogP contribution >= 0.6 is 0 Å². The van der Waals surface area contributed by atoms with Crippen LogP contribution in [-0.4, -0.2) is 30.7 Å². The number of carbonyl (C=O) groups excluding carboxylic acids is 1. The Morgan fingerprint density at radius 1 is 1.50 bits per heavy atom. The van der Waals surface area contributed by atoms with Crippen LogP contribution in [-0.2, 0) is 9.53 Å². The van der Waals surface area contributed by atoms with Crippen molar-refractivity contribution in [3.8, 4) is 0 Å². The van der Waals surface area contributed by atoms with Crippen molar-refractivity contribution in [3.63, 3.8) is 0 Å². The molecule has 0 aromatic rings. The second-order valence-electron chi connectivity index (χ2n) is 6.62. The second kappa shape index (κ2) is 3.73. The molecule has 4 nitrogen and oxygen atoms in total. The van der Waals surface area contributed by atoms with Crippen molar-refractivity contribution in [2.75, 3.05) is 13.1 Å². The van der Waals surface area contributed by atoms with Crippen molar-refractivity contribution in [3.05, 3.63) is 11.8 Å². The Morgan fingerprint density at radius 3 is 3.00 bits per heavy atom. The average Bonchev–Trinajstić information content (AvgIpc) is 2.83. The molecule has 1 spiro atoms. The van der Waals surface area contributed by atoms with E-state index in [0.29, 0.717) is 6.04 Å². The number of carbonyl (C=O) groups is 1. The Balaban J connectivity index is 1.85. The van der Waals surface area contributed by atoms with Gasteiger partial charge in [0.05, 0.1) is 5.92 Å². The maximum atomic E-state index is 12.4. The van der Waals surface area contributed by atoms with Gasteiger partial charge in [-0.3, -0.25) is 4.79 Å². The van der Waals surface area contributed by atoms with Gasteiger partial charge in [0.25, 0.3) is 0 Å². The van der Waals surface area contributed by atoms with Gasteiger partial charge in [0, 0.05) is 23.7 Å². The number of ether oxygens (including phenoxy) is 1. The van der Waals surface area contributed by atoms with Gasteiger partial charge in [0.1, 0.15) is 5.60 Å². The van der Waals surface area contributed by atoms with Crippen LogP contribution in [0.2, 0.25) is 0 Å². The molecule has 3 rings (SSSR count). The standard InChI is InChI=1S/C14H22N2O2/c1-13(2,3)18-12(17)9-8-16-11-5-4-10-14(9,11)6-7-15-10/h5,9-10,15-16H,4,6-8H2,1-3H3/t9?,10?,14-/m0/s1. The molecule has 1 aliphatic carbocycles. The highest BCUT2D eigenvalue weighted by Crippen LogP contribution is 2.53. The summed E-state index contributed by atoms with van der Waals surface area (Å²) in [4.78, 5) is 12.4. The highest BCUT2D eigenvalue weighted by atomic mass is 16.6. The topological polar surface area (TPSA) is 50.4 Å². The molecular formula is C14H22N2O2. The number of hydrogen-bond acceptors (Lipinski definition) is 4. The van der Waals surface area contributed by atoms with Crippen LogP contribution in [0.5, 0.6) is 0 Å². The first kappa shape index (κ1) is 12.0. The fourth-order valence-electron chi connectivity index (χ4n) is 3.75. The molecule has 2 heterocycles. The first-order chi connectivity index (χ1) is 8.43. The molecule has 0 radical (unpaired) electrons. The summed E-state index contributed by atoms with van der Waals surface area (Å²) in [6.45, 7) is 7.52. The van der Waals surface area contributed by atoms with Crippen molar-refractivity contribution in [2.45, 2.75) is 45.3 Å². The van der Waals surface area contributed by atoms with Crippen molar-refractivity contribution in [2.24, 2.45) is 11.3 Å². The average molecular weight is 250 g/mol. The third-order valence-electron chi connectivity index (χ3n) is 4.42. The monoisotopic (exact) mass is 250 g/mol. The first-order valence-corrected chi connectivity index (χ1v) is 6.84. The lowest BCUT2D eigenvalue weighted by atomic mass is 9.72. The van der Waals surface area contributed by atoms with Crippen LogP contribution in [0.4, 0.5) is 0 Å². The van der Waals surface area contributed by atoms with Gasteiger partial charge in [-0.25, -0.2) is 0 Å². The molecule has 2 aliphatic heterocycles. The lowest BCUT2D eigenvalue weighted by molar-refractivity contribution is -0.162. The summed E-state index contributed by atoms with van der Waals surface area (Å²) < 4.78 is 5.60. The molecule has 0 saturated carbocycles. The third-order valence-corrected chi connectivity index (χ3v) is 4.42. The SMILES string of the molecule is CC(C)(C)OC(=O)C1CNC2=CCC3NCC[C@@]231. The lowest BCUT2D eigenvalue weighted by Gasteiger charge is -2.33. The van der Waals surface area contributed by atoms with Crippen molar-refractivity contribution < 1.29 is 9.53 Å². The molecule has 2 saturated heterocycles. The van der Waals surface area contributed by atoms with Crippen LogP contribution in [0.1, 0.15) is 33.6 Å². The second-order valence-corrected chi connectivity index (χ2v) is 6.62. The minimum absolute atomic E-state index is 0.0116. The van der Waals surface area contributed by atoms with E-state index in [4.69, 9.17) is 4.74 Å². The van der Waals surface area contributed by atoms with Gasteiger partial charge >= 0.3 is 5.97 Å². The molecule has 0 bridgehead atoms. The Bertz CT molecular complexity index is 411. The van der Waals surface area contributed by atoms with Gasteiger partial charge < -0.3 is 15.4 Å². The number of rotatable bonds is 1. The zero-order valence-corrected chi connectivity index (χ0v) is 11.4. The van der Waals surface area contributed by atoms with E-state index in [1.54, 1.807) is 0 Å². The number of esters is 1. The fraction of sp³-hybridized carbons (Fsp3) is 0.786. The van der Waals surface area contributed by atoms with E-state index in [1.807, 2.05) is 20.8 Å².